The molecule has 88 valence electrons. The quantitative estimate of drug-likeness (QED) is 0.831. The molecule has 16 heavy (non-hydrogen) atoms. The van der Waals surface area contributed by atoms with Crippen molar-refractivity contribution >= 4 is 5.97 Å². The van der Waals surface area contributed by atoms with Gasteiger partial charge >= 0.3 is 5.97 Å². The van der Waals surface area contributed by atoms with E-state index in [-0.39, 0.29) is 12.4 Å². The number of hydrogen-bond acceptors (Lipinski definition) is 3. The zero-order chi connectivity index (χ0) is 12.1. The van der Waals surface area contributed by atoms with E-state index >= 15 is 0 Å². The lowest BCUT2D eigenvalue weighted by molar-refractivity contribution is -0.147. The van der Waals surface area contributed by atoms with Crippen LogP contribution < -0.4 is 4.74 Å². The minimum atomic E-state index is -1.15. The van der Waals surface area contributed by atoms with Gasteiger partial charge in [0.15, 0.2) is 0 Å². The number of aliphatic carboxylic acids is 1. The van der Waals surface area contributed by atoms with Crippen LogP contribution in [0, 0.1) is 12.7 Å². The summed E-state index contributed by atoms with van der Waals surface area (Å²) in [6, 6.07) is 3.96. The molecule has 0 heterocycles. The van der Waals surface area contributed by atoms with E-state index in [0.29, 0.717) is 5.56 Å². The van der Waals surface area contributed by atoms with Crippen molar-refractivity contribution < 1.29 is 23.8 Å². The molecule has 0 saturated heterocycles. The summed E-state index contributed by atoms with van der Waals surface area (Å²) >= 11 is 0. The Hall–Kier alpha value is -1.62. The third-order valence-corrected chi connectivity index (χ3v) is 2.01. The lowest BCUT2D eigenvalue weighted by atomic mass is 10.2. The molecule has 1 aromatic rings. The highest BCUT2D eigenvalue weighted by atomic mass is 19.1. The third kappa shape index (κ3) is 3.20. The van der Waals surface area contributed by atoms with Crippen LogP contribution in [0.15, 0.2) is 18.2 Å². The van der Waals surface area contributed by atoms with Crippen LogP contribution in [0.2, 0.25) is 0 Å². The lowest BCUT2D eigenvalue weighted by Gasteiger charge is -2.15. The van der Waals surface area contributed by atoms with Gasteiger partial charge in [0.25, 0.3) is 0 Å². The Labute approximate surface area is 92.6 Å². The topological polar surface area (TPSA) is 55.8 Å². The molecule has 0 amide bonds. The summed E-state index contributed by atoms with van der Waals surface area (Å²) in [5, 5.41) is 8.83. The Kier molecular flexibility index (Phi) is 4.25. The van der Waals surface area contributed by atoms with Crippen molar-refractivity contribution in [2.24, 2.45) is 0 Å². The molecule has 0 bridgehead atoms. The number of methoxy groups -OCH3 is 1. The molecule has 1 unspecified atom stereocenters. The summed E-state index contributed by atoms with van der Waals surface area (Å²) in [4.78, 5) is 10.8. The molecule has 0 radical (unpaired) electrons. The number of benzene rings is 1. The summed E-state index contributed by atoms with van der Waals surface area (Å²) in [5.74, 6) is -1.41. The van der Waals surface area contributed by atoms with Crippen LogP contribution in [0.1, 0.15) is 5.56 Å². The van der Waals surface area contributed by atoms with Crippen LogP contribution in [0.4, 0.5) is 4.39 Å². The largest absolute Gasteiger partial charge is 0.478 e. The number of carboxylic acid groups (broad SMARTS) is 1. The molecule has 1 rings (SSSR count). The average molecular weight is 228 g/mol. The van der Waals surface area contributed by atoms with E-state index in [4.69, 9.17) is 14.6 Å². The smallest absolute Gasteiger partial charge is 0.347 e. The molecule has 1 atom stereocenters. The third-order valence-electron chi connectivity index (χ3n) is 2.01. The number of carboxylic acids is 1. The fourth-order valence-electron chi connectivity index (χ4n) is 1.16. The Bertz CT molecular complexity index is 378. The molecule has 0 fully saturated rings. The van der Waals surface area contributed by atoms with Crippen LogP contribution >= 0.6 is 0 Å². The summed E-state index contributed by atoms with van der Waals surface area (Å²) in [5.41, 5.74) is 0.670. The second-order valence-electron chi connectivity index (χ2n) is 3.31. The van der Waals surface area contributed by atoms with E-state index in [1.54, 1.807) is 6.92 Å². The lowest BCUT2D eigenvalue weighted by Crippen LogP contribution is -2.31. The van der Waals surface area contributed by atoms with E-state index in [9.17, 15) is 9.18 Å². The van der Waals surface area contributed by atoms with E-state index in [1.807, 2.05) is 0 Å². The molecule has 0 aliphatic rings. The maximum Gasteiger partial charge on any atom is 0.347 e. The van der Waals surface area contributed by atoms with Crippen molar-refractivity contribution in [1.82, 2.24) is 0 Å². The molecular weight excluding hydrogens is 215 g/mol. The predicted octanol–water partition coefficient (Wildman–Crippen LogP) is 1.61. The van der Waals surface area contributed by atoms with Crippen molar-refractivity contribution in [2.75, 3.05) is 13.7 Å². The van der Waals surface area contributed by atoms with Gasteiger partial charge in [-0.1, -0.05) is 6.07 Å². The molecule has 1 N–H and O–H groups in total. The highest BCUT2D eigenvalue weighted by molar-refractivity contribution is 5.73. The van der Waals surface area contributed by atoms with Gasteiger partial charge in [-0.2, -0.15) is 0 Å². The highest BCUT2D eigenvalue weighted by Gasteiger charge is 2.20. The summed E-state index contributed by atoms with van der Waals surface area (Å²) in [6.07, 6.45) is -1.13. The Morgan fingerprint density at radius 1 is 1.56 bits per heavy atom. The molecule has 0 saturated carbocycles. The summed E-state index contributed by atoms with van der Waals surface area (Å²) < 4.78 is 22.8. The molecule has 4 nitrogen and oxygen atoms in total. The van der Waals surface area contributed by atoms with Crippen molar-refractivity contribution in [1.29, 1.82) is 0 Å². The molecule has 1 aromatic carbocycles. The van der Waals surface area contributed by atoms with Crippen LogP contribution in [-0.2, 0) is 9.53 Å². The first-order chi connectivity index (χ1) is 7.54. The molecule has 0 aromatic heterocycles. The molecule has 0 aliphatic carbocycles. The first kappa shape index (κ1) is 12.4. The van der Waals surface area contributed by atoms with Gasteiger partial charge in [-0.05, 0) is 18.6 Å². The van der Waals surface area contributed by atoms with Crippen LogP contribution in [0.5, 0.6) is 5.75 Å². The van der Waals surface area contributed by atoms with E-state index in [0.717, 1.165) is 6.07 Å². The number of hydrogen-bond donors (Lipinski definition) is 1. The fraction of sp³-hybridized carbons (Fsp3) is 0.364. The zero-order valence-electron chi connectivity index (χ0n) is 9.07. The molecular formula is C11H13FO4. The van der Waals surface area contributed by atoms with Gasteiger partial charge in [-0.25, -0.2) is 9.18 Å². The summed E-state index contributed by atoms with van der Waals surface area (Å²) in [6.45, 7) is 1.62. The molecule has 5 heteroatoms. The minimum Gasteiger partial charge on any atom is -0.478 e. The van der Waals surface area contributed by atoms with Gasteiger partial charge in [0.2, 0.25) is 6.10 Å². The normalized spacial score (nSPS) is 12.2. The SMILES string of the molecule is COCC(Oc1cc(F)ccc1C)C(=O)O. The van der Waals surface area contributed by atoms with Gasteiger partial charge < -0.3 is 14.6 Å². The van der Waals surface area contributed by atoms with Gasteiger partial charge in [-0.3, -0.25) is 0 Å². The van der Waals surface area contributed by atoms with Crippen LogP contribution in [-0.4, -0.2) is 30.9 Å². The Morgan fingerprint density at radius 2 is 2.25 bits per heavy atom. The number of carbonyl (C=O) groups is 1. The number of aryl methyl sites for hydroxylation is 1. The van der Waals surface area contributed by atoms with Gasteiger partial charge in [-0.15, -0.1) is 0 Å². The summed E-state index contributed by atoms with van der Waals surface area (Å²) in [7, 11) is 1.37. The number of rotatable bonds is 5. The second kappa shape index (κ2) is 5.46. The maximum atomic E-state index is 12.9. The highest BCUT2D eigenvalue weighted by Crippen LogP contribution is 2.20. The fourth-order valence-corrected chi connectivity index (χ4v) is 1.16. The van der Waals surface area contributed by atoms with E-state index in [2.05, 4.69) is 0 Å². The predicted molar refractivity (Wildman–Crippen MR) is 55.1 cm³/mol. The first-order valence-corrected chi connectivity index (χ1v) is 4.69. The van der Waals surface area contributed by atoms with E-state index in [1.165, 1.54) is 19.2 Å². The number of ether oxygens (including phenoxy) is 2. The Balaban J connectivity index is 2.84. The van der Waals surface area contributed by atoms with E-state index < -0.39 is 17.9 Å². The van der Waals surface area contributed by atoms with Gasteiger partial charge in [0, 0.05) is 13.2 Å². The first-order valence-electron chi connectivity index (χ1n) is 4.69. The Morgan fingerprint density at radius 3 is 2.81 bits per heavy atom. The van der Waals surface area contributed by atoms with Crippen molar-refractivity contribution in [3.63, 3.8) is 0 Å². The zero-order valence-corrected chi connectivity index (χ0v) is 9.07. The standard InChI is InChI=1S/C11H13FO4/c1-7-3-4-8(12)5-9(7)16-10(6-15-2)11(13)14/h3-5,10H,6H2,1-2H3,(H,13,14). The average Bonchev–Trinajstić information content (AvgIpc) is 2.22. The van der Waals surface area contributed by atoms with Gasteiger partial charge in [0.1, 0.15) is 11.6 Å². The molecule has 0 aliphatic heterocycles. The number of halogens is 1. The minimum absolute atomic E-state index is 0.0920. The van der Waals surface area contributed by atoms with Crippen LogP contribution in [0.25, 0.3) is 0 Å². The monoisotopic (exact) mass is 228 g/mol. The van der Waals surface area contributed by atoms with Crippen molar-refractivity contribution in [3.05, 3.63) is 29.6 Å². The van der Waals surface area contributed by atoms with Crippen LogP contribution in [0.3, 0.4) is 0 Å². The van der Waals surface area contributed by atoms with Crippen molar-refractivity contribution in [3.8, 4) is 5.75 Å². The molecule has 0 spiro atoms. The van der Waals surface area contributed by atoms with Crippen molar-refractivity contribution in [2.45, 2.75) is 13.0 Å². The maximum absolute atomic E-state index is 12.9. The second-order valence-corrected chi connectivity index (χ2v) is 3.31. The van der Waals surface area contributed by atoms with Gasteiger partial charge in [0.05, 0.1) is 6.61 Å².